The molecule has 0 radical (unpaired) electrons. The van der Waals surface area contributed by atoms with Crippen molar-refractivity contribution >= 4 is 5.91 Å². The number of rotatable bonds is 18. The second-order valence-electron chi connectivity index (χ2n) is 7.80. The molecule has 7 heteroatoms. The lowest BCUT2D eigenvalue weighted by Crippen LogP contribution is -2.46. The summed E-state index contributed by atoms with van der Waals surface area (Å²) in [5.41, 5.74) is -0.943. The predicted molar refractivity (Wildman–Crippen MR) is 113 cm³/mol. The second kappa shape index (κ2) is 16.1. The largest absolute Gasteiger partial charge is 0.379 e. The zero-order chi connectivity index (χ0) is 21.4. The van der Waals surface area contributed by atoms with Crippen LogP contribution in [-0.4, -0.2) is 69.7 Å². The van der Waals surface area contributed by atoms with Crippen LogP contribution in [0.5, 0.6) is 0 Å². The Labute approximate surface area is 171 Å². The van der Waals surface area contributed by atoms with Gasteiger partial charge in [-0.1, -0.05) is 20.8 Å². The van der Waals surface area contributed by atoms with Crippen LogP contribution in [0.15, 0.2) is 0 Å². The molecule has 0 saturated heterocycles. The van der Waals surface area contributed by atoms with Crippen molar-refractivity contribution in [2.24, 2.45) is 5.92 Å². The van der Waals surface area contributed by atoms with Gasteiger partial charge < -0.3 is 25.4 Å². The summed E-state index contributed by atoms with van der Waals surface area (Å²) in [6.07, 6.45) is 1.39. The average Bonchev–Trinajstić information content (AvgIpc) is 2.67. The first-order valence-electron chi connectivity index (χ1n) is 10.9. The number of halogens is 1. The van der Waals surface area contributed by atoms with Crippen LogP contribution >= 0.6 is 0 Å². The number of carbonyl (C=O) groups is 1. The maximum atomic E-state index is 14.5. The van der Waals surface area contributed by atoms with E-state index < -0.39 is 11.8 Å². The van der Waals surface area contributed by atoms with Gasteiger partial charge in [-0.2, -0.15) is 0 Å². The third-order valence-electron chi connectivity index (χ3n) is 5.09. The molecule has 168 valence electrons. The van der Waals surface area contributed by atoms with Gasteiger partial charge in [0.05, 0.1) is 32.0 Å². The van der Waals surface area contributed by atoms with E-state index >= 15 is 0 Å². The van der Waals surface area contributed by atoms with Crippen LogP contribution in [0, 0.1) is 5.92 Å². The second-order valence-corrected chi connectivity index (χ2v) is 7.80. The van der Waals surface area contributed by atoms with Crippen LogP contribution < -0.4 is 16.0 Å². The van der Waals surface area contributed by atoms with Crippen LogP contribution in [0.2, 0.25) is 0 Å². The highest BCUT2D eigenvalue weighted by Crippen LogP contribution is 2.18. The molecule has 0 saturated carbocycles. The fraction of sp³-hybridized carbons (Fsp3) is 0.952. The molecule has 0 rings (SSSR count). The van der Waals surface area contributed by atoms with E-state index in [1.165, 1.54) is 0 Å². The number of amides is 1. The van der Waals surface area contributed by atoms with E-state index in [0.29, 0.717) is 32.4 Å². The van der Waals surface area contributed by atoms with Crippen molar-refractivity contribution in [1.29, 1.82) is 0 Å². The molecular formula is C21H44FN3O3. The van der Waals surface area contributed by atoms with Gasteiger partial charge in [-0.3, -0.25) is 4.79 Å². The number of ether oxygens (including phenoxy) is 2. The van der Waals surface area contributed by atoms with E-state index in [1.807, 2.05) is 13.8 Å². The van der Waals surface area contributed by atoms with E-state index in [9.17, 15) is 9.18 Å². The standard InChI is InChI=1S/C21H44FN3O3/c1-7-17(4)24-12-14-27-13-10-23-11-15-28-21(5,6)19(22)16-25-20(26)18(8-2)9-3/h17-19,23-24H,7-16H2,1-6H3,(H,25,26). The van der Waals surface area contributed by atoms with Gasteiger partial charge in [-0.15, -0.1) is 0 Å². The molecule has 0 aromatic rings. The fourth-order valence-electron chi connectivity index (χ4n) is 2.61. The smallest absolute Gasteiger partial charge is 0.223 e. The Balaban J connectivity index is 3.76. The summed E-state index contributed by atoms with van der Waals surface area (Å²) in [6, 6.07) is 0.523. The molecule has 0 aromatic carbocycles. The summed E-state index contributed by atoms with van der Waals surface area (Å²) >= 11 is 0. The highest BCUT2D eigenvalue weighted by Gasteiger charge is 2.31. The van der Waals surface area contributed by atoms with Crippen molar-refractivity contribution < 1.29 is 18.7 Å². The first-order valence-corrected chi connectivity index (χ1v) is 10.9. The van der Waals surface area contributed by atoms with Gasteiger partial charge in [0.25, 0.3) is 0 Å². The monoisotopic (exact) mass is 405 g/mol. The van der Waals surface area contributed by atoms with Gasteiger partial charge in [-0.05, 0) is 40.0 Å². The van der Waals surface area contributed by atoms with E-state index in [2.05, 4.69) is 29.8 Å². The molecule has 0 aliphatic rings. The molecule has 0 fully saturated rings. The Morgan fingerprint density at radius 1 is 1.00 bits per heavy atom. The molecule has 0 bridgehead atoms. The summed E-state index contributed by atoms with van der Waals surface area (Å²) in [5.74, 6) is -0.127. The number of nitrogens with one attached hydrogen (secondary N) is 3. The van der Waals surface area contributed by atoms with Crippen molar-refractivity contribution in [3.8, 4) is 0 Å². The highest BCUT2D eigenvalue weighted by molar-refractivity contribution is 5.78. The van der Waals surface area contributed by atoms with Crippen molar-refractivity contribution in [2.45, 2.75) is 78.6 Å². The maximum Gasteiger partial charge on any atom is 0.223 e. The molecule has 0 aliphatic carbocycles. The Kier molecular flexibility index (Phi) is 15.6. The average molecular weight is 406 g/mol. The summed E-state index contributed by atoms with van der Waals surface area (Å²) in [5, 5.41) is 9.30. The first kappa shape index (κ1) is 27.2. The third kappa shape index (κ3) is 12.6. The van der Waals surface area contributed by atoms with Crippen molar-refractivity contribution in [2.75, 3.05) is 46.0 Å². The third-order valence-corrected chi connectivity index (χ3v) is 5.09. The molecule has 3 N–H and O–H groups in total. The van der Waals surface area contributed by atoms with Crippen LogP contribution in [0.25, 0.3) is 0 Å². The lowest BCUT2D eigenvalue weighted by Gasteiger charge is -2.29. The minimum atomic E-state index is -1.26. The molecule has 1 amide bonds. The van der Waals surface area contributed by atoms with Crippen LogP contribution in [0.1, 0.15) is 60.8 Å². The SMILES string of the molecule is CCC(C)NCCOCCNCCOC(C)(C)C(F)CNC(=O)C(CC)CC. The maximum absolute atomic E-state index is 14.5. The summed E-state index contributed by atoms with van der Waals surface area (Å²) in [4.78, 5) is 12.0. The van der Waals surface area contributed by atoms with Crippen molar-refractivity contribution in [3.63, 3.8) is 0 Å². The molecule has 0 aromatic heterocycles. The fourth-order valence-corrected chi connectivity index (χ4v) is 2.61. The summed E-state index contributed by atoms with van der Waals surface area (Å²) in [7, 11) is 0. The normalized spacial score (nSPS) is 14.3. The minimum Gasteiger partial charge on any atom is -0.379 e. The summed E-state index contributed by atoms with van der Waals surface area (Å²) in [6.45, 7) is 15.6. The van der Waals surface area contributed by atoms with Gasteiger partial charge in [0, 0.05) is 31.6 Å². The van der Waals surface area contributed by atoms with Crippen LogP contribution in [0.3, 0.4) is 0 Å². The molecule has 0 heterocycles. The predicted octanol–water partition coefficient (Wildman–Crippen LogP) is 2.67. The van der Waals surface area contributed by atoms with Crippen LogP contribution in [0.4, 0.5) is 4.39 Å². The summed E-state index contributed by atoms with van der Waals surface area (Å²) < 4.78 is 25.7. The van der Waals surface area contributed by atoms with Gasteiger partial charge in [0.2, 0.25) is 5.91 Å². The first-order chi connectivity index (χ1) is 13.3. The number of hydrogen-bond acceptors (Lipinski definition) is 5. The Bertz CT molecular complexity index is 393. The quantitative estimate of drug-likeness (QED) is 0.306. The molecule has 6 nitrogen and oxygen atoms in total. The zero-order valence-corrected chi connectivity index (χ0v) is 18.9. The van der Waals surface area contributed by atoms with Crippen molar-refractivity contribution in [3.05, 3.63) is 0 Å². The van der Waals surface area contributed by atoms with Gasteiger partial charge in [-0.25, -0.2) is 4.39 Å². The Morgan fingerprint density at radius 2 is 1.61 bits per heavy atom. The molecule has 2 atom stereocenters. The van der Waals surface area contributed by atoms with Gasteiger partial charge in [0.15, 0.2) is 0 Å². The highest BCUT2D eigenvalue weighted by atomic mass is 19.1. The zero-order valence-electron chi connectivity index (χ0n) is 18.9. The number of carbonyl (C=O) groups excluding carboxylic acids is 1. The lowest BCUT2D eigenvalue weighted by atomic mass is 10.0. The van der Waals surface area contributed by atoms with Gasteiger partial charge in [0.1, 0.15) is 6.17 Å². The van der Waals surface area contributed by atoms with Gasteiger partial charge >= 0.3 is 0 Å². The number of hydrogen-bond donors (Lipinski definition) is 3. The molecule has 0 spiro atoms. The Morgan fingerprint density at radius 3 is 2.21 bits per heavy atom. The molecule has 0 aliphatic heterocycles. The van der Waals surface area contributed by atoms with E-state index in [1.54, 1.807) is 13.8 Å². The molecular weight excluding hydrogens is 361 g/mol. The lowest BCUT2D eigenvalue weighted by molar-refractivity contribution is -0.126. The Hall–Kier alpha value is -0.760. The van der Waals surface area contributed by atoms with Crippen molar-refractivity contribution in [1.82, 2.24) is 16.0 Å². The topological polar surface area (TPSA) is 71.6 Å². The molecule has 2 unspecified atom stereocenters. The van der Waals surface area contributed by atoms with E-state index in [0.717, 1.165) is 32.4 Å². The number of alkyl halides is 1. The van der Waals surface area contributed by atoms with E-state index in [-0.39, 0.29) is 18.4 Å². The minimum absolute atomic E-state index is 0.0196. The van der Waals surface area contributed by atoms with E-state index in [4.69, 9.17) is 9.47 Å². The van der Waals surface area contributed by atoms with Crippen LogP contribution in [-0.2, 0) is 14.3 Å². The molecule has 28 heavy (non-hydrogen) atoms.